The highest BCUT2D eigenvalue weighted by Crippen LogP contribution is 2.23. The highest BCUT2D eigenvalue weighted by atomic mass is 35.5. The van der Waals surface area contributed by atoms with Crippen LogP contribution in [0.3, 0.4) is 0 Å². The van der Waals surface area contributed by atoms with Gasteiger partial charge in [-0.1, -0.05) is 16.8 Å². The standard InChI is InChI=1S/C19H26ClN5O/c1-13-9-15(20)6-7-16(13)18(26)24-8-4-5-14(10-24)11-25-12-17(22-23-25)19(2,3)21/h6-7,9,12,14H,4-5,8,10-11,21H2,1-3H3. The number of likely N-dealkylation sites (tertiary alicyclic amines) is 1. The smallest absolute Gasteiger partial charge is 0.254 e. The van der Waals surface area contributed by atoms with E-state index in [9.17, 15) is 4.79 Å². The van der Waals surface area contributed by atoms with Crippen LogP contribution in [0.2, 0.25) is 5.02 Å². The summed E-state index contributed by atoms with van der Waals surface area (Å²) in [6.45, 7) is 8.00. The summed E-state index contributed by atoms with van der Waals surface area (Å²) in [5.41, 5.74) is 7.99. The maximum Gasteiger partial charge on any atom is 0.254 e. The molecule has 1 unspecified atom stereocenters. The summed E-state index contributed by atoms with van der Waals surface area (Å²) in [6, 6.07) is 5.42. The minimum Gasteiger partial charge on any atom is -0.338 e. The van der Waals surface area contributed by atoms with Crippen LogP contribution in [0.25, 0.3) is 0 Å². The third kappa shape index (κ3) is 4.24. The van der Waals surface area contributed by atoms with Crippen molar-refractivity contribution < 1.29 is 4.79 Å². The van der Waals surface area contributed by atoms with Gasteiger partial charge in [0.15, 0.2) is 0 Å². The number of nitrogens with two attached hydrogens (primary N) is 1. The predicted octanol–water partition coefficient (Wildman–Crippen LogP) is 2.99. The first-order valence-electron chi connectivity index (χ1n) is 8.99. The molecule has 1 amide bonds. The van der Waals surface area contributed by atoms with E-state index in [-0.39, 0.29) is 5.91 Å². The van der Waals surface area contributed by atoms with Crippen molar-refractivity contribution in [2.75, 3.05) is 13.1 Å². The average Bonchev–Trinajstić information content (AvgIpc) is 3.03. The van der Waals surface area contributed by atoms with E-state index in [0.717, 1.165) is 49.3 Å². The quantitative estimate of drug-likeness (QED) is 0.891. The van der Waals surface area contributed by atoms with Crippen molar-refractivity contribution >= 4 is 17.5 Å². The van der Waals surface area contributed by atoms with Gasteiger partial charge in [0.1, 0.15) is 5.69 Å². The monoisotopic (exact) mass is 375 g/mol. The van der Waals surface area contributed by atoms with Gasteiger partial charge < -0.3 is 10.6 Å². The molecule has 1 saturated heterocycles. The minimum atomic E-state index is -0.501. The van der Waals surface area contributed by atoms with Gasteiger partial charge in [-0.25, -0.2) is 0 Å². The van der Waals surface area contributed by atoms with E-state index in [1.165, 1.54) is 0 Å². The molecule has 1 aromatic heterocycles. The van der Waals surface area contributed by atoms with Crippen LogP contribution in [0.5, 0.6) is 0 Å². The maximum atomic E-state index is 12.9. The maximum absolute atomic E-state index is 12.9. The highest BCUT2D eigenvalue weighted by Gasteiger charge is 2.26. The second-order valence-corrected chi connectivity index (χ2v) is 8.20. The van der Waals surface area contributed by atoms with Crippen molar-refractivity contribution in [2.45, 2.75) is 45.7 Å². The zero-order valence-electron chi connectivity index (χ0n) is 15.6. The van der Waals surface area contributed by atoms with Crippen molar-refractivity contribution in [3.8, 4) is 0 Å². The summed E-state index contributed by atoms with van der Waals surface area (Å²) in [4.78, 5) is 14.8. The third-order valence-corrected chi connectivity index (χ3v) is 5.10. The third-order valence-electron chi connectivity index (χ3n) is 4.87. The zero-order chi connectivity index (χ0) is 18.9. The Balaban J connectivity index is 1.67. The van der Waals surface area contributed by atoms with E-state index in [4.69, 9.17) is 17.3 Å². The van der Waals surface area contributed by atoms with Crippen LogP contribution in [0.15, 0.2) is 24.4 Å². The first-order chi connectivity index (χ1) is 12.2. The molecule has 0 aliphatic carbocycles. The number of hydrogen-bond donors (Lipinski definition) is 1. The molecule has 1 aliphatic rings. The number of hydrogen-bond acceptors (Lipinski definition) is 4. The molecule has 1 aromatic carbocycles. The van der Waals surface area contributed by atoms with Crippen LogP contribution in [0.4, 0.5) is 0 Å². The van der Waals surface area contributed by atoms with E-state index in [0.29, 0.717) is 10.9 Å². The van der Waals surface area contributed by atoms with Crippen molar-refractivity contribution in [3.63, 3.8) is 0 Å². The Bertz CT molecular complexity index is 795. The molecule has 2 aromatic rings. The number of aromatic nitrogens is 3. The van der Waals surface area contributed by atoms with Crippen LogP contribution in [0, 0.1) is 12.8 Å². The highest BCUT2D eigenvalue weighted by molar-refractivity contribution is 6.30. The number of carbonyl (C=O) groups excluding carboxylic acids is 1. The summed E-state index contributed by atoms with van der Waals surface area (Å²) >= 11 is 6.01. The molecule has 3 rings (SSSR count). The lowest BCUT2D eigenvalue weighted by atomic mass is 9.96. The Morgan fingerprint density at radius 2 is 2.19 bits per heavy atom. The number of halogens is 1. The molecule has 6 nitrogen and oxygen atoms in total. The van der Waals surface area contributed by atoms with E-state index < -0.39 is 5.54 Å². The van der Waals surface area contributed by atoms with Gasteiger partial charge in [-0.3, -0.25) is 9.48 Å². The lowest BCUT2D eigenvalue weighted by Crippen LogP contribution is -2.41. The Hall–Kier alpha value is -1.92. The van der Waals surface area contributed by atoms with Crippen molar-refractivity contribution in [2.24, 2.45) is 11.7 Å². The van der Waals surface area contributed by atoms with E-state index in [1.807, 2.05) is 48.7 Å². The van der Waals surface area contributed by atoms with Crippen LogP contribution >= 0.6 is 11.6 Å². The normalized spacial score (nSPS) is 18.2. The van der Waals surface area contributed by atoms with Gasteiger partial charge in [0.2, 0.25) is 0 Å². The molecule has 7 heteroatoms. The van der Waals surface area contributed by atoms with Crippen molar-refractivity contribution in [3.05, 3.63) is 46.2 Å². The molecule has 0 spiro atoms. The van der Waals surface area contributed by atoms with Gasteiger partial charge in [0.05, 0.1) is 11.7 Å². The van der Waals surface area contributed by atoms with E-state index in [1.54, 1.807) is 6.07 Å². The fourth-order valence-electron chi connectivity index (χ4n) is 3.38. The van der Waals surface area contributed by atoms with Gasteiger partial charge in [0, 0.05) is 30.2 Å². The summed E-state index contributed by atoms with van der Waals surface area (Å²) in [5, 5.41) is 9.02. The molecule has 2 heterocycles. The molecule has 26 heavy (non-hydrogen) atoms. The fourth-order valence-corrected chi connectivity index (χ4v) is 3.61. The van der Waals surface area contributed by atoms with Gasteiger partial charge in [-0.2, -0.15) is 0 Å². The molecule has 1 fully saturated rings. The van der Waals surface area contributed by atoms with Crippen LogP contribution < -0.4 is 5.73 Å². The molecular formula is C19H26ClN5O. The molecule has 1 aliphatic heterocycles. The van der Waals surface area contributed by atoms with Crippen LogP contribution in [-0.4, -0.2) is 38.9 Å². The number of amides is 1. The number of rotatable bonds is 4. The van der Waals surface area contributed by atoms with E-state index >= 15 is 0 Å². The number of nitrogens with zero attached hydrogens (tertiary/aromatic N) is 4. The minimum absolute atomic E-state index is 0.0752. The molecule has 0 bridgehead atoms. The summed E-state index contributed by atoms with van der Waals surface area (Å²) in [5.74, 6) is 0.432. The molecule has 2 N–H and O–H groups in total. The lowest BCUT2D eigenvalue weighted by molar-refractivity contribution is 0.0658. The Morgan fingerprint density at radius 1 is 1.42 bits per heavy atom. The largest absolute Gasteiger partial charge is 0.338 e. The number of aryl methyl sites for hydroxylation is 1. The zero-order valence-corrected chi connectivity index (χ0v) is 16.3. The average molecular weight is 376 g/mol. The van der Waals surface area contributed by atoms with Crippen molar-refractivity contribution in [1.29, 1.82) is 0 Å². The lowest BCUT2D eigenvalue weighted by Gasteiger charge is -2.33. The second-order valence-electron chi connectivity index (χ2n) is 7.77. The van der Waals surface area contributed by atoms with Crippen molar-refractivity contribution in [1.82, 2.24) is 19.9 Å². The SMILES string of the molecule is Cc1cc(Cl)ccc1C(=O)N1CCCC(Cn2cc(C(C)(C)N)nn2)C1. The Kier molecular flexibility index (Phi) is 5.34. The Labute approximate surface area is 159 Å². The summed E-state index contributed by atoms with van der Waals surface area (Å²) in [7, 11) is 0. The molecule has 0 radical (unpaired) electrons. The first kappa shape index (κ1) is 18.9. The van der Waals surface area contributed by atoms with Gasteiger partial charge in [-0.15, -0.1) is 5.10 Å². The topological polar surface area (TPSA) is 77.0 Å². The van der Waals surface area contributed by atoms with Crippen LogP contribution in [-0.2, 0) is 12.1 Å². The van der Waals surface area contributed by atoms with E-state index in [2.05, 4.69) is 10.3 Å². The number of carbonyl (C=O) groups is 1. The fraction of sp³-hybridized carbons (Fsp3) is 0.526. The first-order valence-corrected chi connectivity index (χ1v) is 9.37. The molecule has 1 atom stereocenters. The van der Waals surface area contributed by atoms with Crippen LogP contribution in [0.1, 0.15) is 48.3 Å². The molecule has 140 valence electrons. The predicted molar refractivity (Wildman–Crippen MR) is 102 cm³/mol. The Morgan fingerprint density at radius 3 is 2.85 bits per heavy atom. The number of piperidine rings is 1. The van der Waals surface area contributed by atoms with Gasteiger partial charge in [0.25, 0.3) is 5.91 Å². The summed E-state index contributed by atoms with van der Waals surface area (Å²) < 4.78 is 1.84. The molecule has 0 saturated carbocycles. The number of benzene rings is 1. The van der Waals surface area contributed by atoms with Gasteiger partial charge >= 0.3 is 0 Å². The van der Waals surface area contributed by atoms with Gasteiger partial charge in [-0.05, 0) is 63.3 Å². The molecular weight excluding hydrogens is 350 g/mol. The second kappa shape index (κ2) is 7.37. The summed E-state index contributed by atoms with van der Waals surface area (Å²) in [6.07, 6.45) is 3.97.